The molecule has 0 unspecified atom stereocenters. The number of carbonyl (C=O) groups excluding carboxylic acids is 1. The molecule has 0 bridgehead atoms. The molecule has 3 aromatic rings. The first-order valence-corrected chi connectivity index (χ1v) is 13.2. The fourth-order valence-electron chi connectivity index (χ4n) is 4.42. The Morgan fingerprint density at radius 1 is 1.30 bits per heavy atom. The fraction of sp³-hybridized carbons (Fsp3) is 0.310. The van der Waals surface area contributed by atoms with E-state index in [1.165, 1.54) is 40.9 Å². The molecule has 1 amide bonds. The summed E-state index contributed by atoms with van der Waals surface area (Å²) in [6, 6.07) is 7.92. The normalized spacial score (nSPS) is 20.5. The minimum absolute atomic E-state index is 0.0442. The van der Waals surface area contributed by atoms with Crippen molar-refractivity contribution < 1.29 is 18.3 Å². The molecule has 40 heavy (non-hydrogen) atoms. The number of rotatable bonds is 8. The Bertz CT molecular complexity index is 1550. The van der Waals surface area contributed by atoms with Crippen LogP contribution in [0.5, 0.6) is 5.75 Å². The van der Waals surface area contributed by atoms with Gasteiger partial charge in [-0.05, 0) is 50.6 Å². The molecule has 0 spiro atoms. The average Bonchev–Trinajstić information content (AvgIpc) is 2.92. The molecule has 208 valence electrons. The molecule has 0 radical (unpaired) electrons. The lowest BCUT2D eigenvalue weighted by Gasteiger charge is -2.40. The minimum atomic E-state index is -1.59. The van der Waals surface area contributed by atoms with E-state index in [1.807, 2.05) is 13.0 Å². The van der Waals surface area contributed by atoms with Crippen LogP contribution in [0.4, 0.5) is 20.3 Å². The predicted molar refractivity (Wildman–Crippen MR) is 156 cm³/mol. The molecular formula is C29H30F2N6O2S. The van der Waals surface area contributed by atoms with E-state index in [2.05, 4.69) is 32.1 Å². The van der Waals surface area contributed by atoms with Crippen molar-refractivity contribution in [3.63, 3.8) is 0 Å². The van der Waals surface area contributed by atoms with Crippen LogP contribution in [-0.2, 0) is 10.3 Å². The van der Waals surface area contributed by atoms with Gasteiger partial charge in [0.2, 0.25) is 5.91 Å². The second-order valence-corrected chi connectivity index (χ2v) is 11.3. The maximum atomic E-state index is 15.3. The Balaban J connectivity index is 1.67. The fourth-order valence-corrected chi connectivity index (χ4v) is 5.57. The number of hydrogen-bond donors (Lipinski definition) is 2. The number of carbonyl (C=O) groups is 1. The first kappa shape index (κ1) is 28.8. The first-order valence-electron chi connectivity index (χ1n) is 12.4. The Labute approximate surface area is 236 Å². The van der Waals surface area contributed by atoms with E-state index in [1.54, 1.807) is 45.6 Å². The number of anilines is 2. The monoisotopic (exact) mass is 564 g/mol. The largest absolute Gasteiger partial charge is 0.479 e. The summed E-state index contributed by atoms with van der Waals surface area (Å²) in [6.45, 7) is 2.82. The van der Waals surface area contributed by atoms with Crippen LogP contribution in [0.25, 0.3) is 10.9 Å². The molecule has 8 nitrogen and oxygen atoms in total. The standard InChI is InChI=1S/C29H30F2N6O2S/c1-5-6-13-39-21-14-19-10-12-33-26(25(19)34-16-21)35-20-7-8-23(31)22(15-20)29(18-30)17-28(2,40-27(32)36-29)11-9-24(38)37(3)4/h7-12,14-16H,13,17-18H2,1-4H3,(H2,32,36)(H,33,35)/b11-9+/t28-,29+/m0/s1. The first-order chi connectivity index (χ1) is 19.1. The van der Waals surface area contributed by atoms with E-state index in [4.69, 9.17) is 10.5 Å². The predicted octanol–water partition coefficient (Wildman–Crippen LogP) is 4.93. The summed E-state index contributed by atoms with van der Waals surface area (Å²) in [7, 11) is 3.27. The molecule has 1 aliphatic heterocycles. The summed E-state index contributed by atoms with van der Waals surface area (Å²) in [5, 5.41) is 4.06. The third-order valence-electron chi connectivity index (χ3n) is 6.34. The van der Waals surface area contributed by atoms with Gasteiger partial charge in [-0.2, -0.15) is 0 Å². The van der Waals surface area contributed by atoms with Gasteiger partial charge in [0.1, 0.15) is 35.9 Å². The molecule has 3 heterocycles. The van der Waals surface area contributed by atoms with Gasteiger partial charge in [0.05, 0.1) is 6.20 Å². The summed E-state index contributed by atoms with van der Waals surface area (Å²) < 4.78 is 35.0. The van der Waals surface area contributed by atoms with Gasteiger partial charge in [-0.15, -0.1) is 5.92 Å². The number of pyridine rings is 2. The van der Waals surface area contributed by atoms with Gasteiger partial charge < -0.3 is 20.7 Å². The van der Waals surface area contributed by atoms with Crippen molar-refractivity contribution in [1.29, 1.82) is 0 Å². The number of thioether (sulfide) groups is 1. The van der Waals surface area contributed by atoms with Gasteiger partial charge in [-0.1, -0.05) is 23.8 Å². The number of amides is 1. The molecule has 4 rings (SSSR count). The van der Waals surface area contributed by atoms with Gasteiger partial charge in [-0.25, -0.2) is 23.7 Å². The van der Waals surface area contributed by atoms with Crippen LogP contribution < -0.4 is 15.8 Å². The quantitative estimate of drug-likeness (QED) is 0.295. The summed E-state index contributed by atoms with van der Waals surface area (Å²) in [5.41, 5.74) is 5.63. The number of alkyl halides is 1. The molecule has 0 aliphatic carbocycles. The number of likely N-dealkylation sites (N-methyl/N-ethyl adjacent to an activating group) is 1. The Morgan fingerprint density at radius 2 is 2.10 bits per heavy atom. The number of ether oxygens (including phenoxy) is 1. The van der Waals surface area contributed by atoms with Crippen LogP contribution in [0, 0.1) is 17.7 Å². The van der Waals surface area contributed by atoms with Crippen molar-refractivity contribution >= 4 is 45.2 Å². The number of aliphatic imine (C=N–C) groups is 1. The Morgan fingerprint density at radius 3 is 2.83 bits per heavy atom. The second-order valence-electron chi connectivity index (χ2n) is 9.71. The van der Waals surface area contributed by atoms with Crippen molar-refractivity contribution in [2.75, 3.05) is 32.7 Å². The highest BCUT2D eigenvalue weighted by Gasteiger charge is 2.45. The number of hydrogen-bond acceptors (Lipinski definition) is 8. The van der Waals surface area contributed by atoms with Crippen molar-refractivity contribution in [2.24, 2.45) is 10.7 Å². The molecule has 1 aliphatic rings. The van der Waals surface area contributed by atoms with Crippen molar-refractivity contribution in [3.8, 4) is 17.6 Å². The van der Waals surface area contributed by atoms with E-state index in [0.717, 1.165) is 5.39 Å². The Kier molecular flexibility index (Phi) is 8.59. The summed E-state index contributed by atoms with van der Waals surface area (Å²) >= 11 is 1.21. The van der Waals surface area contributed by atoms with Crippen LogP contribution in [-0.4, -0.2) is 58.1 Å². The number of halogens is 2. The second kappa shape index (κ2) is 11.9. The number of aromatic nitrogens is 2. The molecule has 11 heteroatoms. The number of benzene rings is 1. The molecule has 1 aromatic carbocycles. The zero-order valence-electron chi connectivity index (χ0n) is 22.7. The summed E-state index contributed by atoms with van der Waals surface area (Å²) in [5.74, 6) is 5.76. The molecular weight excluding hydrogens is 534 g/mol. The van der Waals surface area contributed by atoms with Crippen molar-refractivity contribution in [2.45, 2.75) is 30.6 Å². The summed E-state index contributed by atoms with van der Waals surface area (Å²) in [4.78, 5) is 26.9. The number of nitrogens with one attached hydrogen (secondary N) is 1. The van der Waals surface area contributed by atoms with E-state index in [9.17, 15) is 9.18 Å². The number of fused-ring (bicyclic) bond motifs is 1. The lowest BCUT2D eigenvalue weighted by molar-refractivity contribution is -0.123. The number of nitrogens with zero attached hydrogens (tertiary/aromatic N) is 4. The molecule has 0 fully saturated rings. The van der Waals surface area contributed by atoms with Gasteiger partial charge in [0.25, 0.3) is 0 Å². The smallest absolute Gasteiger partial charge is 0.245 e. The molecule has 2 aromatic heterocycles. The van der Waals surface area contributed by atoms with Gasteiger partial charge >= 0.3 is 0 Å². The lowest BCUT2D eigenvalue weighted by Crippen LogP contribution is -2.43. The zero-order chi connectivity index (χ0) is 28.9. The lowest BCUT2D eigenvalue weighted by atomic mass is 9.82. The molecule has 3 N–H and O–H groups in total. The molecule has 2 atom stereocenters. The maximum Gasteiger partial charge on any atom is 0.245 e. The molecule has 0 saturated heterocycles. The highest BCUT2D eigenvalue weighted by atomic mass is 32.2. The van der Waals surface area contributed by atoms with E-state index >= 15 is 4.39 Å². The average molecular weight is 565 g/mol. The van der Waals surface area contributed by atoms with Crippen LogP contribution in [0.3, 0.4) is 0 Å². The van der Waals surface area contributed by atoms with E-state index < -0.39 is 22.8 Å². The summed E-state index contributed by atoms with van der Waals surface area (Å²) in [6.07, 6.45) is 6.36. The van der Waals surface area contributed by atoms with Gasteiger partial charge in [-0.3, -0.25) is 4.79 Å². The van der Waals surface area contributed by atoms with Gasteiger partial charge in [0, 0.05) is 47.8 Å². The van der Waals surface area contributed by atoms with E-state index in [0.29, 0.717) is 22.8 Å². The van der Waals surface area contributed by atoms with E-state index in [-0.39, 0.29) is 29.7 Å². The van der Waals surface area contributed by atoms with Crippen molar-refractivity contribution in [1.82, 2.24) is 14.9 Å². The van der Waals surface area contributed by atoms with Crippen molar-refractivity contribution in [3.05, 3.63) is 66.3 Å². The topological polar surface area (TPSA) is 106 Å². The zero-order valence-corrected chi connectivity index (χ0v) is 23.5. The highest BCUT2D eigenvalue weighted by molar-refractivity contribution is 8.15. The highest BCUT2D eigenvalue weighted by Crippen LogP contribution is 2.47. The minimum Gasteiger partial charge on any atom is -0.479 e. The van der Waals surface area contributed by atoms with Crippen LogP contribution in [0.15, 0.2) is 59.9 Å². The molecule has 0 saturated carbocycles. The maximum absolute atomic E-state index is 15.3. The van der Waals surface area contributed by atoms with Gasteiger partial charge in [0.15, 0.2) is 11.0 Å². The van der Waals surface area contributed by atoms with Crippen LogP contribution in [0.1, 0.15) is 25.8 Å². The SMILES string of the molecule is CC#CCOc1cnc2c(Nc3ccc(F)c([C@]4(CF)C[C@](C)(/C=C/C(=O)N(C)C)SC(N)=N4)c3)nccc2c1. The van der Waals surface area contributed by atoms with Crippen LogP contribution >= 0.6 is 11.8 Å². The number of amidine groups is 1. The third-order valence-corrected chi connectivity index (χ3v) is 7.39. The Hall–Kier alpha value is -4.17. The third kappa shape index (κ3) is 6.34. The van der Waals surface area contributed by atoms with Crippen LogP contribution in [0.2, 0.25) is 0 Å². The number of nitrogens with two attached hydrogens (primary N) is 1.